The molecule has 17 heavy (non-hydrogen) atoms. The van der Waals surface area contributed by atoms with Crippen LogP contribution in [0.3, 0.4) is 0 Å². The number of hydrogen-bond donors (Lipinski definition) is 0. The lowest BCUT2D eigenvalue weighted by molar-refractivity contribution is 0.140. The minimum absolute atomic E-state index is 0.666. The smallest absolute Gasteiger partial charge is 0.0667 e. The highest BCUT2D eigenvalue weighted by Crippen LogP contribution is 2.24. The quantitative estimate of drug-likeness (QED) is 0.503. The Labute approximate surface area is 106 Å². The number of likely N-dealkylation sites (tertiary alicyclic amines) is 1. The van der Waals surface area contributed by atoms with Crippen molar-refractivity contribution < 1.29 is 4.74 Å². The van der Waals surface area contributed by atoms with Gasteiger partial charge in [0.05, 0.1) is 6.61 Å². The van der Waals surface area contributed by atoms with Gasteiger partial charge in [-0.1, -0.05) is 13.8 Å². The van der Waals surface area contributed by atoms with Crippen LogP contribution in [0.1, 0.15) is 26.7 Å². The van der Waals surface area contributed by atoms with Gasteiger partial charge < -0.3 is 9.64 Å². The van der Waals surface area contributed by atoms with E-state index < -0.39 is 0 Å². The van der Waals surface area contributed by atoms with Gasteiger partial charge >= 0.3 is 0 Å². The van der Waals surface area contributed by atoms with Gasteiger partial charge in [0.15, 0.2) is 0 Å². The molecule has 0 aromatic rings. The molecular formula is C14H26N2O. The Hall–Kier alpha value is -0.670. The molecule has 0 aromatic carbocycles. The third-order valence-corrected chi connectivity index (χ3v) is 3.59. The maximum atomic E-state index is 5.63. The van der Waals surface area contributed by atoms with Crippen LogP contribution in [0.25, 0.3) is 0 Å². The Morgan fingerprint density at radius 3 is 2.82 bits per heavy atom. The number of aliphatic imine (C=N–C) groups is 1. The summed E-state index contributed by atoms with van der Waals surface area (Å²) in [5.74, 6) is 1.60. The highest BCUT2D eigenvalue weighted by atomic mass is 16.5. The standard InChI is InChI=1S/C14H26N2O/c1-5-14(15-3)7-9-17-8-6-13-11-16(4)10-12(13)2/h7,12-13H,3,5-6,8-11H2,1-2,4H3/b14-7+. The highest BCUT2D eigenvalue weighted by Gasteiger charge is 2.26. The highest BCUT2D eigenvalue weighted by molar-refractivity contribution is 5.28. The maximum Gasteiger partial charge on any atom is 0.0667 e. The first kappa shape index (κ1) is 14.4. The van der Waals surface area contributed by atoms with Crippen molar-refractivity contribution in [1.82, 2.24) is 4.90 Å². The molecule has 0 radical (unpaired) electrons. The van der Waals surface area contributed by atoms with Crippen molar-refractivity contribution in [3.05, 3.63) is 11.8 Å². The van der Waals surface area contributed by atoms with E-state index in [1.54, 1.807) is 0 Å². The molecule has 1 saturated heterocycles. The predicted octanol–water partition coefficient (Wildman–Crippen LogP) is 2.59. The average Bonchev–Trinajstić information content (AvgIpc) is 2.62. The SMILES string of the molecule is C=N/C(=C/COCCC1CN(C)CC1C)CC. The van der Waals surface area contributed by atoms with Crippen LogP contribution < -0.4 is 0 Å². The number of allylic oxidation sites excluding steroid dienone is 1. The van der Waals surface area contributed by atoms with E-state index in [9.17, 15) is 0 Å². The van der Waals surface area contributed by atoms with Crippen LogP contribution in [0.2, 0.25) is 0 Å². The van der Waals surface area contributed by atoms with Crippen LogP contribution in [0.5, 0.6) is 0 Å². The van der Waals surface area contributed by atoms with Gasteiger partial charge in [0, 0.05) is 25.4 Å². The van der Waals surface area contributed by atoms with Crippen molar-refractivity contribution in [2.45, 2.75) is 26.7 Å². The molecule has 0 N–H and O–H groups in total. The minimum atomic E-state index is 0.666. The fraction of sp³-hybridized carbons (Fsp3) is 0.786. The van der Waals surface area contributed by atoms with Gasteiger partial charge in [-0.2, -0.15) is 0 Å². The normalized spacial score (nSPS) is 26.4. The molecule has 0 bridgehead atoms. The van der Waals surface area contributed by atoms with Crippen LogP contribution >= 0.6 is 0 Å². The Bertz CT molecular complexity index is 263. The van der Waals surface area contributed by atoms with Gasteiger partial charge in [0.25, 0.3) is 0 Å². The molecule has 2 atom stereocenters. The molecule has 3 heteroatoms. The second kappa shape index (κ2) is 7.62. The lowest BCUT2D eigenvalue weighted by Crippen LogP contribution is -2.15. The molecule has 1 fully saturated rings. The lowest BCUT2D eigenvalue weighted by Gasteiger charge is -2.13. The summed E-state index contributed by atoms with van der Waals surface area (Å²) in [5, 5.41) is 0. The molecule has 1 aliphatic heterocycles. The largest absolute Gasteiger partial charge is 0.377 e. The lowest BCUT2D eigenvalue weighted by atomic mass is 9.95. The van der Waals surface area contributed by atoms with Crippen molar-refractivity contribution in [3.63, 3.8) is 0 Å². The second-order valence-electron chi connectivity index (χ2n) is 5.03. The van der Waals surface area contributed by atoms with Crippen molar-refractivity contribution >= 4 is 6.72 Å². The Balaban J connectivity index is 2.12. The van der Waals surface area contributed by atoms with E-state index >= 15 is 0 Å². The molecule has 0 saturated carbocycles. The summed E-state index contributed by atoms with van der Waals surface area (Å²) >= 11 is 0. The molecule has 0 amide bonds. The summed E-state index contributed by atoms with van der Waals surface area (Å²) in [4.78, 5) is 6.34. The molecule has 1 aliphatic rings. The summed E-state index contributed by atoms with van der Waals surface area (Å²) in [6.45, 7) is 11.9. The summed E-state index contributed by atoms with van der Waals surface area (Å²) in [5.41, 5.74) is 1.03. The summed E-state index contributed by atoms with van der Waals surface area (Å²) in [7, 11) is 2.20. The minimum Gasteiger partial charge on any atom is -0.377 e. The maximum absolute atomic E-state index is 5.63. The second-order valence-corrected chi connectivity index (χ2v) is 5.03. The zero-order chi connectivity index (χ0) is 12.7. The molecule has 3 nitrogen and oxygen atoms in total. The number of nitrogens with zero attached hydrogens (tertiary/aromatic N) is 2. The molecule has 98 valence electrons. The molecule has 1 rings (SSSR count). The van der Waals surface area contributed by atoms with Crippen LogP contribution in [-0.4, -0.2) is 45.0 Å². The first-order valence-corrected chi connectivity index (χ1v) is 6.59. The van der Waals surface area contributed by atoms with Gasteiger partial charge in [0.2, 0.25) is 0 Å². The fourth-order valence-electron chi connectivity index (χ4n) is 2.47. The van der Waals surface area contributed by atoms with E-state index in [1.165, 1.54) is 19.5 Å². The topological polar surface area (TPSA) is 24.8 Å². The molecule has 1 heterocycles. The number of rotatable bonds is 7. The Morgan fingerprint density at radius 2 is 2.29 bits per heavy atom. The van der Waals surface area contributed by atoms with Gasteiger partial charge in [-0.25, -0.2) is 0 Å². The number of ether oxygens (including phenoxy) is 1. The summed E-state index contributed by atoms with van der Waals surface area (Å²) in [6, 6.07) is 0. The zero-order valence-electron chi connectivity index (χ0n) is 11.5. The van der Waals surface area contributed by atoms with Gasteiger partial charge in [-0.05, 0) is 44.5 Å². The predicted molar refractivity (Wildman–Crippen MR) is 73.5 cm³/mol. The van der Waals surface area contributed by atoms with E-state index in [0.717, 1.165) is 30.6 Å². The van der Waals surface area contributed by atoms with E-state index in [-0.39, 0.29) is 0 Å². The van der Waals surface area contributed by atoms with Crippen molar-refractivity contribution in [1.29, 1.82) is 0 Å². The van der Waals surface area contributed by atoms with Gasteiger partial charge in [-0.15, -0.1) is 0 Å². The third-order valence-electron chi connectivity index (χ3n) is 3.59. The first-order valence-electron chi connectivity index (χ1n) is 6.59. The monoisotopic (exact) mass is 238 g/mol. The molecule has 0 spiro atoms. The molecule has 0 aliphatic carbocycles. The summed E-state index contributed by atoms with van der Waals surface area (Å²) < 4.78 is 5.63. The van der Waals surface area contributed by atoms with E-state index in [4.69, 9.17) is 4.74 Å². The van der Waals surface area contributed by atoms with Crippen molar-refractivity contribution in [3.8, 4) is 0 Å². The van der Waals surface area contributed by atoms with Crippen molar-refractivity contribution in [2.24, 2.45) is 16.8 Å². The molecule has 0 aromatic heterocycles. The van der Waals surface area contributed by atoms with Crippen LogP contribution in [0.15, 0.2) is 16.8 Å². The number of hydrogen-bond acceptors (Lipinski definition) is 3. The van der Waals surface area contributed by atoms with Crippen molar-refractivity contribution in [2.75, 3.05) is 33.4 Å². The van der Waals surface area contributed by atoms with E-state index in [0.29, 0.717) is 6.61 Å². The Morgan fingerprint density at radius 1 is 1.53 bits per heavy atom. The molecular weight excluding hydrogens is 212 g/mol. The Kier molecular flexibility index (Phi) is 6.45. The van der Waals surface area contributed by atoms with E-state index in [1.807, 2.05) is 6.08 Å². The zero-order valence-corrected chi connectivity index (χ0v) is 11.5. The van der Waals surface area contributed by atoms with Crippen LogP contribution in [0.4, 0.5) is 0 Å². The average molecular weight is 238 g/mol. The first-order chi connectivity index (χ1) is 8.17. The van der Waals surface area contributed by atoms with Gasteiger partial charge in [-0.3, -0.25) is 4.99 Å². The van der Waals surface area contributed by atoms with E-state index in [2.05, 4.69) is 37.5 Å². The van der Waals surface area contributed by atoms with Gasteiger partial charge in [0.1, 0.15) is 0 Å². The van der Waals surface area contributed by atoms with Crippen LogP contribution in [0, 0.1) is 11.8 Å². The summed E-state index contributed by atoms with van der Waals surface area (Å²) in [6.07, 6.45) is 4.12. The molecule has 2 unspecified atom stereocenters. The fourth-order valence-corrected chi connectivity index (χ4v) is 2.47. The third kappa shape index (κ3) is 5.00. The van der Waals surface area contributed by atoms with Crippen LogP contribution in [-0.2, 0) is 4.74 Å².